The number of esters is 1. The van der Waals surface area contributed by atoms with E-state index < -0.39 is 4.83 Å². The molecule has 0 spiro atoms. The maximum absolute atomic E-state index is 11.4. The summed E-state index contributed by atoms with van der Waals surface area (Å²) in [5.74, 6) is 0.917. The molecule has 1 aromatic carbocycles. The Bertz CT molecular complexity index is 423. The lowest BCUT2D eigenvalue weighted by Gasteiger charge is -2.16. The van der Waals surface area contributed by atoms with Gasteiger partial charge in [0.05, 0.1) is 26.2 Å². The average molecular weight is 382 g/mol. The van der Waals surface area contributed by atoms with Gasteiger partial charge in [0, 0.05) is 0 Å². The highest BCUT2D eigenvalue weighted by Gasteiger charge is 2.26. The monoisotopic (exact) mass is 380 g/mol. The van der Waals surface area contributed by atoms with Crippen LogP contribution in [-0.4, -0.2) is 32.1 Å². The topological polar surface area (TPSA) is 44.8 Å². The molecule has 0 aromatic heterocycles. The summed E-state index contributed by atoms with van der Waals surface area (Å²) in [6.07, 6.45) is 0. The second-order valence-corrected chi connectivity index (χ2v) is 5.41. The fourth-order valence-electron chi connectivity index (χ4n) is 1.43. The molecule has 0 saturated heterocycles. The lowest BCUT2D eigenvalue weighted by atomic mass is 10.1. The largest absolute Gasteiger partial charge is 0.493 e. The first-order chi connectivity index (χ1) is 8.54. The number of carbonyl (C=O) groups is 1. The molecule has 2 atom stereocenters. The van der Waals surface area contributed by atoms with Gasteiger partial charge in [-0.05, 0) is 17.7 Å². The number of halogens is 2. The third-order valence-corrected chi connectivity index (χ3v) is 5.08. The third-order valence-electron chi connectivity index (χ3n) is 2.41. The number of hydrogen-bond donors (Lipinski definition) is 0. The summed E-state index contributed by atoms with van der Waals surface area (Å²) in [6, 6.07) is 5.47. The van der Waals surface area contributed by atoms with E-state index >= 15 is 0 Å². The maximum Gasteiger partial charge on any atom is 0.320 e. The fraction of sp³-hybridized carbons (Fsp3) is 0.417. The van der Waals surface area contributed by atoms with Crippen molar-refractivity contribution in [3.63, 3.8) is 0 Å². The van der Waals surface area contributed by atoms with Crippen LogP contribution >= 0.6 is 31.9 Å². The minimum absolute atomic E-state index is 0.218. The van der Waals surface area contributed by atoms with Crippen LogP contribution in [0.3, 0.4) is 0 Å². The van der Waals surface area contributed by atoms with Crippen molar-refractivity contribution in [1.82, 2.24) is 0 Å². The summed E-state index contributed by atoms with van der Waals surface area (Å²) in [4.78, 5) is 10.8. The lowest BCUT2D eigenvalue weighted by molar-refractivity contribution is -0.139. The van der Waals surface area contributed by atoms with Crippen molar-refractivity contribution >= 4 is 37.8 Å². The van der Waals surface area contributed by atoms with Crippen LogP contribution in [-0.2, 0) is 9.53 Å². The zero-order valence-corrected chi connectivity index (χ0v) is 13.4. The van der Waals surface area contributed by atoms with E-state index in [1.807, 2.05) is 12.1 Å². The van der Waals surface area contributed by atoms with E-state index in [0.29, 0.717) is 11.5 Å². The standard InChI is InChI=1S/C12H14Br2O4/c1-16-8-5-4-7(6-9(8)17-2)10(13)11(14)12(15)18-3/h4-6,10-11H,1-3H3/t10-,11+/m1/s1. The van der Waals surface area contributed by atoms with Gasteiger partial charge in [-0.2, -0.15) is 0 Å². The van der Waals surface area contributed by atoms with Crippen molar-refractivity contribution < 1.29 is 19.0 Å². The highest BCUT2D eigenvalue weighted by atomic mass is 79.9. The van der Waals surface area contributed by atoms with Crippen LogP contribution < -0.4 is 9.47 Å². The summed E-state index contributed by atoms with van der Waals surface area (Å²) in [6.45, 7) is 0. The van der Waals surface area contributed by atoms with E-state index in [2.05, 4.69) is 36.6 Å². The number of alkyl halides is 2. The molecule has 0 saturated carbocycles. The first-order valence-corrected chi connectivity index (χ1v) is 6.96. The van der Waals surface area contributed by atoms with Crippen LogP contribution in [0.1, 0.15) is 10.4 Å². The van der Waals surface area contributed by atoms with Crippen molar-refractivity contribution in [2.45, 2.75) is 9.65 Å². The lowest BCUT2D eigenvalue weighted by Crippen LogP contribution is -2.20. The van der Waals surface area contributed by atoms with Gasteiger partial charge in [-0.1, -0.05) is 37.9 Å². The maximum atomic E-state index is 11.4. The van der Waals surface area contributed by atoms with Gasteiger partial charge in [-0.3, -0.25) is 4.79 Å². The Balaban J connectivity index is 2.99. The predicted octanol–water partition coefficient (Wildman–Crippen LogP) is 3.08. The fourth-order valence-corrected chi connectivity index (χ4v) is 2.42. The first-order valence-electron chi connectivity index (χ1n) is 5.13. The Morgan fingerprint density at radius 3 is 2.22 bits per heavy atom. The Morgan fingerprint density at radius 1 is 1.11 bits per heavy atom. The van der Waals surface area contributed by atoms with Gasteiger partial charge >= 0.3 is 5.97 Å². The third kappa shape index (κ3) is 3.38. The quantitative estimate of drug-likeness (QED) is 0.580. The zero-order valence-electron chi connectivity index (χ0n) is 10.3. The van der Waals surface area contributed by atoms with E-state index in [4.69, 9.17) is 9.47 Å². The molecule has 1 rings (SSSR count). The molecule has 0 unspecified atom stereocenters. The number of hydrogen-bond acceptors (Lipinski definition) is 4. The van der Waals surface area contributed by atoms with Crippen molar-refractivity contribution in [3.8, 4) is 11.5 Å². The summed E-state index contributed by atoms with van der Waals surface area (Å²) in [5, 5.41) is 0. The molecular weight excluding hydrogens is 368 g/mol. The molecule has 0 aliphatic rings. The molecule has 0 radical (unpaired) electrons. The molecular formula is C12H14Br2O4. The second kappa shape index (κ2) is 6.99. The number of ether oxygens (including phenoxy) is 3. The molecule has 1 aromatic rings. The Kier molecular flexibility index (Phi) is 5.95. The average Bonchev–Trinajstić information content (AvgIpc) is 2.43. The minimum Gasteiger partial charge on any atom is -0.493 e. The molecule has 0 bridgehead atoms. The summed E-state index contributed by atoms with van der Waals surface area (Å²) in [5.41, 5.74) is 0.889. The molecule has 0 aliphatic heterocycles. The minimum atomic E-state index is -0.472. The van der Waals surface area contributed by atoms with Crippen LogP contribution in [0.4, 0.5) is 0 Å². The Hall–Kier alpha value is -0.750. The van der Waals surface area contributed by atoms with Gasteiger partial charge in [0.1, 0.15) is 4.83 Å². The van der Waals surface area contributed by atoms with Crippen LogP contribution in [0.2, 0.25) is 0 Å². The Morgan fingerprint density at radius 2 is 1.72 bits per heavy atom. The van der Waals surface area contributed by atoms with E-state index in [9.17, 15) is 4.79 Å². The van der Waals surface area contributed by atoms with Crippen LogP contribution in [0.25, 0.3) is 0 Å². The van der Waals surface area contributed by atoms with Crippen molar-refractivity contribution in [1.29, 1.82) is 0 Å². The highest BCUT2D eigenvalue weighted by molar-refractivity contribution is 9.12. The number of rotatable bonds is 5. The normalized spacial score (nSPS) is 13.6. The van der Waals surface area contributed by atoms with E-state index in [0.717, 1.165) is 5.56 Å². The van der Waals surface area contributed by atoms with Gasteiger partial charge in [-0.25, -0.2) is 0 Å². The highest BCUT2D eigenvalue weighted by Crippen LogP contribution is 2.36. The van der Waals surface area contributed by atoms with E-state index in [1.54, 1.807) is 20.3 Å². The van der Waals surface area contributed by atoms with E-state index in [1.165, 1.54) is 7.11 Å². The van der Waals surface area contributed by atoms with Crippen LogP contribution in [0, 0.1) is 0 Å². The molecule has 0 heterocycles. The molecule has 0 fully saturated rings. The molecule has 100 valence electrons. The summed E-state index contributed by atoms with van der Waals surface area (Å²) in [7, 11) is 4.49. The van der Waals surface area contributed by atoms with Crippen molar-refractivity contribution in [2.24, 2.45) is 0 Å². The van der Waals surface area contributed by atoms with Crippen molar-refractivity contribution in [3.05, 3.63) is 23.8 Å². The second-order valence-electron chi connectivity index (χ2n) is 3.44. The molecule has 0 N–H and O–H groups in total. The van der Waals surface area contributed by atoms with Gasteiger partial charge in [0.2, 0.25) is 0 Å². The first kappa shape index (κ1) is 15.3. The van der Waals surface area contributed by atoms with Gasteiger partial charge in [0.15, 0.2) is 11.5 Å². The molecule has 0 amide bonds. The van der Waals surface area contributed by atoms with Gasteiger partial charge < -0.3 is 14.2 Å². The van der Waals surface area contributed by atoms with Crippen LogP contribution in [0.5, 0.6) is 11.5 Å². The Labute approximate surface area is 123 Å². The van der Waals surface area contributed by atoms with Crippen molar-refractivity contribution in [2.75, 3.05) is 21.3 Å². The molecule has 18 heavy (non-hydrogen) atoms. The van der Waals surface area contributed by atoms with Gasteiger partial charge in [-0.15, -0.1) is 0 Å². The predicted molar refractivity (Wildman–Crippen MR) is 75.9 cm³/mol. The molecule has 0 aliphatic carbocycles. The SMILES string of the molecule is COC(=O)[C@@H](Br)[C@H](Br)c1ccc(OC)c(OC)c1. The summed E-state index contributed by atoms with van der Waals surface area (Å²) >= 11 is 6.75. The van der Waals surface area contributed by atoms with E-state index in [-0.39, 0.29) is 10.8 Å². The van der Waals surface area contributed by atoms with Gasteiger partial charge in [0.25, 0.3) is 0 Å². The van der Waals surface area contributed by atoms with Crippen LogP contribution in [0.15, 0.2) is 18.2 Å². The zero-order chi connectivity index (χ0) is 13.7. The number of carbonyl (C=O) groups excluding carboxylic acids is 1. The smallest absolute Gasteiger partial charge is 0.320 e. The summed E-state index contributed by atoms with van der Waals surface area (Å²) < 4.78 is 15.1. The molecule has 6 heteroatoms. The number of methoxy groups -OCH3 is 3. The molecule has 4 nitrogen and oxygen atoms in total. The number of benzene rings is 1.